The molecule has 0 aromatic heterocycles. The molecule has 1 radical (unpaired) electrons. The van der Waals surface area contributed by atoms with Crippen LogP contribution in [0.1, 0.15) is 6.92 Å². The summed E-state index contributed by atoms with van der Waals surface area (Å²) in [7, 11) is 0. The third-order valence-corrected chi connectivity index (χ3v) is 2.09. The van der Waals surface area contributed by atoms with E-state index < -0.39 is 0 Å². The van der Waals surface area contributed by atoms with Crippen LogP contribution in [0.25, 0.3) is 0 Å². The molecule has 1 aromatic carbocycles. The predicted molar refractivity (Wildman–Crippen MR) is 52.7 cm³/mol. The average molecular weight is 227 g/mol. The van der Waals surface area contributed by atoms with Crippen molar-refractivity contribution in [1.82, 2.24) is 0 Å². The van der Waals surface area contributed by atoms with Gasteiger partial charge in [-0.15, -0.1) is 0 Å². The fourth-order valence-corrected chi connectivity index (χ4v) is 1.15. The summed E-state index contributed by atoms with van der Waals surface area (Å²) in [6.45, 7) is 1.70. The van der Waals surface area contributed by atoms with E-state index in [1.165, 1.54) is 6.42 Å². The Morgan fingerprint density at radius 2 is 2.17 bits per heavy atom. The Kier molecular flexibility index (Phi) is 3.29. The summed E-state index contributed by atoms with van der Waals surface area (Å²) in [5.41, 5.74) is 0.792. The van der Waals surface area contributed by atoms with Gasteiger partial charge in [-0.2, -0.15) is 0 Å². The molecule has 63 valence electrons. The second-order valence-electron chi connectivity index (χ2n) is 2.26. The average Bonchev–Trinajstić information content (AvgIpc) is 2.09. The SMILES string of the molecule is C[CH]C(=O)Nc1ccccc1Br. The number of rotatable bonds is 2. The van der Waals surface area contributed by atoms with Gasteiger partial charge in [0.1, 0.15) is 0 Å². The van der Waals surface area contributed by atoms with Crippen LogP contribution in [-0.4, -0.2) is 5.91 Å². The highest BCUT2D eigenvalue weighted by Crippen LogP contribution is 2.20. The summed E-state index contributed by atoms with van der Waals surface area (Å²) in [4.78, 5) is 10.9. The van der Waals surface area contributed by atoms with Gasteiger partial charge in [-0.3, -0.25) is 4.79 Å². The number of carbonyl (C=O) groups is 1. The molecule has 0 bridgehead atoms. The van der Waals surface area contributed by atoms with Crippen LogP contribution in [0.15, 0.2) is 28.7 Å². The maximum Gasteiger partial charge on any atom is 0.228 e. The fourth-order valence-electron chi connectivity index (χ4n) is 0.767. The lowest BCUT2D eigenvalue weighted by atomic mass is 10.3. The van der Waals surface area contributed by atoms with Gasteiger partial charge in [0.25, 0.3) is 0 Å². The largest absolute Gasteiger partial charge is 0.325 e. The van der Waals surface area contributed by atoms with Crippen LogP contribution in [-0.2, 0) is 4.79 Å². The Morgan fingerprint density at radius 1 is 1.50 bits per heavy atom. The summed E-state index contributed by atoms with van der Waals surface area (Å²) in [5, 5.41) is 2.72. The minimum absolute atomic E-state index is 0.0955. The summed E-state index contributed by atoms with van der Waals surface area (Å²) >= 11 is 3.33. The van der Waals surface area contributed by atoms with Crippen molar-refractivity contribution in [2.75, 3.05) is 5.32 Å². The van der Waals surface area contributed by atoms with Crippen molar-refractivity contribution in [2.24, 2.45) is 0 Å². The summed E-state index contributed by atoms with van der Waals surface area (Å²) < 4.78 is 0.889. The highest BCUT2D eigenvalue weighted by Gasteiger charge is 2.01. The predicted octanol–water partition coefficient (Wildman–Crippen LogP) is 2.61. The van der Waals surface area contributed by atoms with Crippen molar-refractivity contribution < 1.29 is 4.79 Å². The fraction of sp³-hybridized carbons (Fsp3) is 0.111. The number of amides is 1. The normalized spacial score (nSPS) is 9.50. The number of halogens is 1. The third kappa shape index (κ3) is 2.34. The van der Waals surface area contributed by atoms with Gasteiger partial charge >= 0.3 is 0 Å². The number of carbonyl (C=O) groups excluding carboxylic acids is 1. The molecule has 0 aliphatic heterocycles. The van der Waals surface area contributed by atoms with Crippen molar-refractivity contribution in [3.63, 3.8) is 0 Å². The lowest BCUT2D eigenvalue weighted by Gasteiger charge is -2.04. The first-order valence-corrected chi connectivity index (χ1v) is 4.38. The Labute approximate surface area is 80.1 Å². The topological polar surface area (TPSA) is 29.1 Å². The maximum absolute atomic E-state index is 10.9. The van der Waals surface area contributed by atoms with Crippen LogP contribution in [0, 0.1) is 6.42 Å². The van der Waals surface area contributed by atoms with Crippen molar-refractivity contribution in [1.29, 1.82) is 0 Å². The molecule has 0 aliphatic rings. The summed E-state index contributed by atoms with van der Waals surface area (Å²) in [6.07, 6.45) is 1.49. The van der Waals surface area contributed by atoms with Gasteiger partial charge in [-0.25, -0.2) is 0 Å². The molecule has 2 nitrogen and oxygen atoms in total. The van der Waals surface area contributed by atoms with E-state index in [4.69, 9.17) is 0 Å². The molecule has 1 N–H and O–H groups in total. The molecule has 1 aromatic rings. The van der Waals surface area contributed by atoms with Crippen LogP contribution >= 0.6 is 15.9 Å². The van der Waals surface area contributed by atoms with Crippen molar-refractivity contribution >= 4 is 27.5 Å². The van der Waals surface area contributed by atoms with Crippen molar-refractivity contribution in [2.45, 2.75) is 6.92 Å². The second-order valence-corrected chi connectivity index (χ2v) is 3.11. The maximum atomic E-state index is 10.9. The van der Waals surface area contributed by atoms with Crippen LogP contribution in [0.4, 0.5) is 5.69 Å². The van der Waals surface area contributed by atoms with E-state index in [0.29, 0.717) is 0 Å². The molecule has 0 aliphatic carbocycles. The molecule has 1 rings (SSSR count). The van der Waals surface area contributed by atoms with E-state index in [9.17, 15) is 4.79 Å². The zero-order valence-corrected chi connectivity index (χ0v) is 8.26. The first kappa shape index (κ1) is 9.26. The first-order valence-electron chi connectivity index (χ1n) is 3.59. The number of nitrogens with one attached hydrogen (secondary N) is 1. The Morgan fingerprint density at radius 3 is 2.75 bits per heavy atom. The standard InChI is InChI=1S/C9H9BrNO/c1-2-9(12)11-8-6-4-3-5-7(8)10/h2-6H,1H3,(H,11,12). The van der Waals surface area contributed by atoms with Crippen molar-refractivity contribution in [3.05, 3.63) is 35.2 Å². The van der Waals surface area contributed by atoms with Crippen LogP contribution in [0.2, 0.25) is 0 Å². The van der Waals surface area contributed by atoms with E-state index in [0.717, 1.165) is 10.2 Å². The molecule has 0 saturated carbocycles. The van der Waals surface area contributed by atoms with Gasteiger partial charge < -0.3 is 5.32 Å². The molecule has 0 unspecified atom stereocenters. The third-order valence-electron chi connectivity index (χ3n) is 1.39. The van der Waals surface area contributed by atoms with Crippen LogP contribution in [0.5, 0.6) is 0 Å². The van der Waals surface area contributed by atoms with Gasteiger partial charge in [-0.05, 0) is 28.1 Å². The molecular formula is C9H9BrNO. The number of hydrogen-bond donors (Lipinski definition) is 1. The molecule has 0 spiro atoms. The van der Waals surface area contributed by atoms with Crippen LogP contribution in [0.3, 0.4) is 0 Å². The lowest BCUT2D eigenvalue weighted by molar-refractivity contribution is -0.113. The number of benzene rings is 1. The van der Waals surface area contributed by atoms with Gasteiger partial charge in [-0.1, -0.05) is 19.1 Å². The Hall–Kier alpha value is -0.830. The molecule has 0 heterocycles. The van der Waals surface area contributed by atoms with E-state index in [1.807, 2.05) is 24.3 Å². The van der Waals surface area contributed by atoms with Gasteiger partial charge in [0.05, 0.1) is 5.69 Å². The minimum atomic E-state index is -0.0955. The Balaban J connectivity index is 2.75. The van der Waals surface area contributed by atoms with Crippen molar-refractivity contribution in [3.8, 4) is 0 Å². The number of anilines is 1. The highest BCUT2D eigenvalue weighted by molar-refractivity contribution is 9.10. The molecule has 0 fully saturated rings. The number of para-hydroxylation sites is 1. The van der Waals surface area contributed by atoms with E-state index in [-0.39, 0.29) is 5.91 Å². The summed E-state index contributed by atoms with van der Waals surface area (Å²) in [6, 6.07) is 7.49. The quantitative estimate of drug-likeness (QED) is 0.826. The molecule has 1 amide bonds. The zero-order chi connectivity index (χ0) is 8.97. The number of hydrogen-bond acceptors (Lipinski definition) is 1. The van der Waals surface area contributed by atoms with Gasteiger partial charge in [0.2, 0.25) is 5.91 Å². The van der Waals surface area contributed by atoms with E-state index >= 15 is 0 Å². The monoisotopic (exact) mass is 226 g/mol. The lowest BCUT2D eigenvalue weighted by Crippen LogP contribution is -2.10. The summed E-state index contributed by atoms with van der Waals surface area (Å²) in [5.74, 6) is -0.0955. The zero-order valence-electron chi connectivity index (χ0n) is 6.67. The van der Waals surface area contributed by atoms with E-state index in [1.54, 1.807) is 6.92 Å². The van der Waals surface area contributed by atoms with Gasteiger partial charge in [0, 0.05) is 10.9 Å². The molecule has 0 saturated heterocycles. The minimum Gasteiger partial charge on any atom is -0.325 e. The van der Waals surface area contributed by atoms with E-state index in [2.05, 4.69) is 21.2 Å². The Bertz CT molecular complexity index is 286. The highest BCUT2D eigenvalue weighted by atomic mass is 79.9. The molecule has 12 heavy (non-hydrogen) atoms. The molecular weight excluding hydrogens is 218 g/mol. The van der Waals surface area contributed by atoms with Gasteiger partial charge in [0.15, 0.2) is 0 Å². The molecule has 3 heteroatoms. The second kappa shape index (κ2) is 4.26. The molecule has 0 atom stereocenters. The smallest absolute Gasteiger partial charge is 0.228 e. The first-order chi connectivity index (χ1) is 5.74. The van der Waals surface area contributed by atoms with Crippen LogP contribution < -0.4 is 5.32 Å².